The lowest BCUT2D eigenvalue weighted by atomic mass is 9.69. The number of phenols is 1. The number of carbonyl (C=O) groups is 4. The van der Waals surface area contributed by atoms with Gasteiger partial charge in [0.25, 0.3) is 11.8 Å². The van der Waals surface area contributed by atoms with Crippen molar-refractivity contribution >= 4 is 29.3 Å². The monoisotopic (exact) mass is 734 g/mol. The third-order valence-electron chi connectivity index (χ3n) is 13.6. The molecule has 3 saturated heterocycles. The van der Waals surface area contributed by atoms with Crippen LogP contribution < -0.4 is 10.2 Å². The molecule has 4 heterocycles. The molecule has 0 bridgehead atoms. The van der Waals surface area contributed by atoms with E-state index < -0.39 is 23.8 Å². The Morgan fingerprint density at radius 1 is 0.709 bits per heavy atom. The molecule has 2 aliphatic carbocycles. The SMILES string of the molecule is O=C1CCC(N2C(=O)c3cc4c(cc3C2=O)CC2(C4)CN(CC3CCN(c4ccc(C5c6ccc(O)cc6CCC5c5ccccc5)cc4)CC3)C2)C(=O)N1. The van der Waals surface area contributed by atoms with Gasteiger partial charge in [-0.15, -0.1) is 0 Å². The first-order chi connectivity index (χ1) is 26.7. The Morgan fingerprint density at radius 2 is 1.40 bits per heavy atom. The molecule has 3 fully saturated rings. The molecule has 55 heavy (non-hydrogen) atoms. The first-order valence-electron chi connectivity index (χ1n) is 20.0. The summed E-state index contributed by atoms with van der Waals surface area (Å²) in [5.41, 5.74) is 9.80. The van der Waals surface area contributed by atoms with Gasteiger partial charge in [-0.25, -0.2) is 0 Å². The summed E-state index contributed by atoms with van der Waals surface area (Å²) >= 11 is 0. The van der Waals surface area contributed by atoms with E-state index in [1.165, 1.54) is 40.8 Å². The molecule has 6 aliphatic rings. The summed E-state index contributed by atoms with van der Waals surface area (Å²) in [6.45, 7) is 5.28. The van der Waals surface area contributed by atoms with E-state index in [4.69, 9.17) is 0 Å². The average molecular weight is 735 g/mol. The number of nitrogens with zero attached hydrogens (tertiary/aromatic N) is 3. The number of rotatable bonds is 6. The first-order valence-corrected chi connectivity index (χ1v) is 20.0. The van der Waals surface area contributed by atoms with Crippen LogP contribution in [0.4, 0.5) is 5.69 Å². The van der Waals surface area contributed by atoms with Gasteiger partial charge < -0.3 is 14.9 Å². The van der Waals surface area contributed by atoms with E-state index in [1.807, 2.05) is 24.3 Å². The van der Waals surface area contributed by atoms with Gasteiger partial charge in [-0.05, 0) is 127 Å². The third-order valence-corrected chi connectivity index (χ3v) is 13.6. The van der Waals surface area contributed by atoms with Crippen molar-refractivity contribution in [2.45, 2.75) is 69.2 Å². The maximum Gasteiger partial charge on any atom is 0.262 e. The van der Waals surface area contributed by atoms with Crippen LogP contribution in [0.5, 0.6) is 5.75 Å². The standard InChI is InChI=1S/C46H46N4O5/c51-35-11-13-37-31(20-35)8-12-36(29-4-2-1-3-5-29)42(37)30-6-9-34(10-7-30)49-18-16-28(17-19-49)25-48-26-46(27-48)23-32-21-38-39(22-33(32)24-46)45(55)50(44(38)54)40-14-15-41(52)47-43(40)53/h1-7,9-11,13,20-22,28,36,40,42,51H,8,12,14-19,23-27H2,(H,47,52,53). The van der Waals surface area contributed by atoms with Gasteiger partial charge in [0.2, 0.25) is 11.8 Å². The second kappa shape index (κ2) is 13.2. The molecule has 10 rings (SSSR count). The van der Waals surface area contributed by atoms with Crippen LogP contribution in [-0.4, -0.2) is 77.3 Å². The highest BCUT2D eigenvalue weighted by atomic mass is 16.3. The lowest BCUT2D eigenvalue weighted by Crippen LogP contribution is -2.58. The quantitative estimate of drug-likeness (QED) is 0.235. The number of fused-ring (bicyclic) bond motifs is 3. The number of aromatic hydroxyl groups is 1. The lowest BCUT2D eigenvalue weighted by molar-refractivity contribution is -0.136. The second-order valence-corrected chi connectivity index (χ2v) is 17.1. The maximum atomic E-state index is 13.4. The van der Waals surface area contributed by atoms with Crippen LogP contribution >= 0.6 is 0 Å². The molecule has 0 saturated carbocycles. The first kappa shape index (κ1) is 34.2. The second-order valence-electron chi connectivity index (χ2n) is 17.1. The summed E-state index contributed by atoms with van der Waals surface area (Å²) in [7, 11) is 0. The van der Waals surface area contributed by atoms with Crippen molar-refractivity contribution in [1.29, 1.82) is 0 Å². The number of phenolic OH excluding ortho intramolecular Hbond substituents is 1. The molecule has 0 aromatic heterocycles. The number of benzene rings is 4. The predicted octanol–water partition coefficient (Wildman–Crippen LogP) is 5.97. The zero-order valence-corrected chi connectivity index (χ0v) is 31.0. The molecule has 1 spiro atoms. The number of hydrogen-bond donors (Lipinski definition) is 2. The summed E-state index contributed by atoms with van der Waals surface area (Å²) in [5.74, 6) is -0.147. The molecule has 4 aliphatic heterocycles. The van der Waals surface area contributed by atoms with Crippen molar-refractivity contribution in [2.24, 2.45) is 11.3 Å². The van der Waals surface area contributed by atoms with Crippen LogP contribution in [0.1, 0.15) is 98.0 Å². The van der Waals surface area contributed by atoms with Crippen LogP contribution in [0.25, 0.3) is 0 Å². The Kier molecular flexibility index (Phi) is 8.21. The van der Waals surface area contributed by atoms with Crippen molar-refractivity contribution in [3.63, 3.8) is 0 Å². The highest BCUT2D eigenvalue weighted by Crippen LogP contribution is 2.48. The summed E-state index contributed by atoms with van der Waals surface area (Å²) < 4.78 is 0. The fourth-order valence-electron chi connectivity index (χ4n) is 11.0. The number of amides is 4. The summed E-state index contributed by atoms with van der Waals surface area (Å²) in [4.78, 5) is 57.1. The zero-order valence-electron chi connectivity index (χ0n) is 31.0. The highest BCUT2D eigenvalue weighted by molar-refractivity contribution is 6.23. The minimum atomic E-state index is -0.935. The van der Waals surface area contributed by atoms with E-state index in [-0.39, 0.29) is 30.1 Å². The average Bonchev–Trinajstić information content (AvgIpc) is 3.67. The van der Waals surface area contributed by atoms with Crippen molar-refractivity contribution < 1.29 is 24.3 Å². The number of anilines is 1. The van der Waals surface area contributed by atoms with Crippen molar-refractivity contribution in [3.8, 4) is 5.75 Å². The summed E-state index contributed by atoms with van der Waals surface area (Å²) in [5, 5.41) is 12.5. The van der Waals surface area contributed by atoms with E-state index in [2.05, 4.69) is 75.8 Å². The van der Waals surface area contributed by atoms with Crippen LogP contribution in [0.2, 0.25) is 0 Å². The van der Waals surface area contributed by atoms with Gasteiger partial charge in [0.1, 0.15) is 11.8 Å². The minimum Gasteiger partial charge on any atom is -0.508 e. The molecular weight excluding hydrogens is 689 g/mol. The van der Waals surface area contributed by atoms with E-state index in [0.29, 0.717) is 28.7 Å². The number of imide groups is 2. The topological polar surface area (TPSA) is 110 Å². The number of hydrogen-bond acceptors (Lipinski definition) is 7. The Hall–Kier alpha value is -5.28. The molecule has 9 nitrogen and oxygen atoms in total. The van der Waals surface area contributed by atoms with E-state index in [9.17, 15) is 24.3 Å². The normalized spacial score (nSPS) is 24.8. The number of piperidine rings is 2. The molecule has 3 atom stereocenters. The molecule has 2 N–H and O–H groups in total. The van der Waals surface area contributed by atoms with Crippen molar-refractivity contribution in [1.82, 2.24) is 15.1 Å². The number of aryl methyl sites for hydroxylation is 1. The Bertz CT molecular complexity index is 2170. The van der Waals surface area contributed by atoms with Crippen molar-refractivity contribution in [2.75, 3.05) is 37.6 Å². The van der Waals surface area contributed by atoms with E-state index in [0.717, 1.165) is 74.4 Å². The van der Waals surface area contributed by atoms with Crippen LogP contribution in [-0.2, 0) is 28.9 Å². The van der Waals surface area contributed by atoms with Gasteiger partial charge in [0, 0.05) is 56.2 Å². The summed E-state index contributed by atoms with van der Waals surface area (Å²) in [6, 6.07) is 28.9. The minimum absolute atomic E-state index is 0.118. The lowest BCUT2D eigenvalue weighted by Gasteiger charge is -2.50. The van der Waals surface area contributed by atoms with Gasteiger partial charge in [-0.1, -0.05) is 48.5 Å². The van der Waals surface area contributed by atoms with Gasteiger partial charge in [0.15, 0.2) is 0 Å². The van der Waals surface area contributed by atoms with Gasteiger partial charge in [0.05, 0.1) is 11.1 Å². The maximum absolute atomic E-state index is 13.4. The Labute approximate surface area is 321 Å². The van der Waals surface area contributed by atoms with Crippen LogP contribution in [0.15, 0.2) is 84.9 Å². The molecule has 9 heteroatoms. The van der Waals surface area contributed by atoms with Gasteiger partial charge in [-0.2, -0.15) is 0 Å². The van der Waals surface area contributed by atoms with Crippen LogP contribution in [0.3, 0.4) is 0 Å². The van der Waals surface area contributed by atoms with Gasteiger partial charge >= 0.3 is 0 Å². The Balaban J connectivity index is 0.747. The predicted molar refractivity (Wildman–Crippen MR) is 208 cm³/mol. The molecule has 3 unspecified atom stereocenters. The zero-order chi connectivity index (χ0) is 37.4. The molecule has 0 radical (unpaired) electrons. The number of nitrogens with one attached hydrogen (secondary N) is 1. The fraction of sp³-hybridized carbons (Fsp3) is 0.391. The van der Waals surface area contributed by atoms with Crippen molar-refractivity contribution in [3.05, 3.63) is 129 Å². The molecule has 4 aromatic carbocycles. The molecule has 4 amide bonds. The number of carbonyl (C=O) groups excluding carboxylic acids is 4. The third kappa shape index (κ3) is 5.95. The Morgan fingerprint density at radius 3 is 2.07 bits per heavy atom. The molecular formula is C46H46N4O5. The van der Waals surface area contributed by atoms with E-state index >= 15 is 0 Å². The largest absolute Gasteiger partial charge is 0.508 e. The van der Waals surface area contributed by atoms with E-state index in [1.54, 1.807) is 0 Å². The number of likely N-dealkylation sites (tertiary alicyclic amines) is 1. The fourth-order valence-corrected chi connectivity index (χ4v) is 11.0. The molecule has 280 valence electrons. The molecule has 4 aromatic rings. The van der Waals surface area contributed by atoms with Gasteiger partial charge in [-0.3, -0.25) is 29.4 Å². The highest BCUT2D eigenvalue weighted by Gasteiger charge is 2.50. The van der Waals surface area contributed by atoms with Crippen LogP contribution in [0, 0.1) is 11.3 Å². The summed E-state index contributed by atoms with van der Waals surface area (Å²) in [6.07, 6.45) is 6.46. The smallest absolute Gasteiger partial charge is 0.262 e.